The van der Waals surface area contributed by atoms with Gasteiger partial charge in [-0.25, -0.2) is 9.97 Å². The number of pyridine rings is 1. The van der Waals surface area contributed by atoms with Crippen LogP contribution in [-0.4, -0.2) is 50.9 Å². The summed E-state index contributed by atoms with van der Waals surface area (Å²) in [5.41, 5.74) is 2.36. The van der Waals surface area contributed by atoms with Crippen molar-refractivity contribution in [1.82, 2.24) is 25.5 Å². The summed E-state index contributed by atoms with van der Waals surface area (Å²) in [4.78, 5) is 10.2. The Morgan fingerprint density at radius 3 is 2.66 bits per heavy atom. The fraction of sp³-hybridized carbons (Fsp3) is 0.333. The van der Waals surface area contributed by atoms with E-state index in [2.05, 4.69) is 30.4 Å². The van der Waals surface area contributed by atoms with Gasteiger partial charge in [0.15, 0.2) is 0 Å². The van der Waals surface area contributed by atoms with Gasteiger partial charge in [0, 0.05) is 43.5 Å². The summed E-state index contributed by atoms with van der Waals surface area (Å²) in [5.74, 6) is 0.867. The van der Waals surface area contributed by atoms with E-state index in [1.54, 1.807) is 30.5 Å². The maximum Gasteiger partial charge on any atom is 0.245 e. The van der Waals surface area contributed by atoms with Crippen molar-refractivity contribution in [3.05, 3.63) is 48.7 Å². The number of nitrogens with zero attached hydrogens (tertiary/aromatic N) is 5. The highest BCUT2D eigenvalue weighted by molar-refractivity contribution is 5.73. The Morgan fingerprint density at radius 1 is 1.07 bits per heavy atom. The van der Waals surface area contributed by atoms with E-state index in [-0.39, 0.29) is 5.75 Å². The average Bonchev–Trinajstić information content (AvgIpc) is 3.60. The smallest absolute Gasteiger partial charge is 0.245 e. The van der Waals surface area contributed by atoms with Gasteiger partial charge in [0.25, 0.3) is 0 Å². The third-order valence-electron chi connectivity index (χ3n) is 5.56. The molecule has 2 N–H and O–H groups in total. The number of phenols is 1. The zero-order valence-corrected chi connectivity index (χ0v) is 15.8. The Balaban J connectivity index is 1.35. The van der Waals surface area contributed by atoms with Gasteiger partial charge in [0.2, 0.25) is 11.9 Å². The molecule has 29 heavy (non-hydrogen) atoms. The van der Waals surface area contributed by atoms with Crippen LogP contribution in [0, 0.1) is 11.9 Å². The van der Waals surface area contributed by atoms with Crippen LogP contribution in [0.5, 0.6) is 5.75 Å². The number of aromatic hydroxyl groups is 1. The Hall–Kier alpha value is -3.13. The van der Waals surface area contributed by atoms with E-state index in [1.165, 1.54) is 25.1 Å². The van der Waals surface area contributed by atoms with Crippen LogP contribution in [0.15, 0.2) is 42.7 Å². The fourth-order valence-corrected chi connectivity index (χ4v) is 3.82. The second-order valence-corrected chi connectivity index (χ2v) is 7.59. The van der Waals surface area contributed by atoms with E-state index in [1.807, 2.05) is 0 Å². The molecule has 1 atom stereocenters. The molecular formula is C21H21FN6O. The van der Waals surface area contributed by atoms with Crippen molar-refractivity contribution in [2.45, 2.75) is 18.9 Å². The van der Waals surface area contributed by atoms with Crippen LogP contribution in [-0.2, 0) is 0 Å². The molecule has 3 aromatic rings. The molecule has 0 amide bonds. The van der Waals surface area contributed by atoms with Gasteiger partial charge in [-0.05, 0) is 48.1 Å². The van der Waals surface area contributed by atoms with Crippen molar-refractivity contribution < 1.29 is 9.50 Å². The Labute approximate surface area is 167 Å². The summed E-state index contributed by atoms with van der Waals surface area (Å²) in [6.07, 6.45) is 5.63. The molecule has 0 unspecified atom stereocenters. The van der Waals surface area contributed by atoms with Gasteiger partial charge in [-0.2, -0.15) is 4.39 Å². The van der Waals surface area contributed by atoms with Crippen LogP contribution in [0.3, 0.4) is 0 Å². The van der Waals surface area contributed by atoms with E-state index >= 15 is 0 Å². The molecule has 1 aliphatic carbocycles. The van der Waals surface area contributed by atoms with Crippen LogP contribution >= 0.6 is 0 Å². The normalized spacial score (nSPS) is 19.3. The Kier molecular flexibility index (Phi) is 4.55. The lowest BCUT2D eigenvalue weighted by molar-refractivity contribution is 0.414. The largest absolute Gasteiger partial charge is 0.507 e. The molecule has 0 bridgehead atoms. The highest BCUT2D eigenvalue weighted by Gasteiger charge is 2.34. The summed E-state index contributed by atoms with van der Waals surface area (Å²) < 4.78 is 13.4. The number of nitrogens with one attached hydrogen (secondary N) is 1. The summed E-state index contributed by atoms with van der Waals surface area (Å²) in [7, 11) is 0. The lowest BCUT2D eigenvalue weighted by Crippen LogP contribution is -2.52. The molecule has 8 heteroatoms. The van der Waals surface area contributed by atoms with Crippen LogP contribution in [0.1, 0.15) is 12.8 Å². The monoisotopic (exact) mass is 392 g/mol. The SMILES string of the molecule is Oc1cc(-c2ccnc(F)c2)ccc1-c1cnc(N2CCN[C@H](C3CC3)C2)nn1. The minimum atomic E-state index is -0.562. The molecule has 2 aromatic heterocycles. The van der Waals surface area contributed by atoms with Crippen LogP contribution in [0.2, 0.25) is 0 Å². The first-order valence-electron chi connectivity index (χ1n) is 9.81. The minimum Gasteiger partial charge on any atom is -0.507 e. The van der Waals surface area contributed by atoms with Gasteiger partial charge in [0.1, 0.15) is 11.4 Å². The molecule has 148 valence electrons. The van der Waals surface area contributed by atoms with Gasteiger partial charge >= 0.3 is 0 Å². The van der Waals surface area contributed by atoms with Crippen molar-refractivity contribution in [3.8, 4) is 28.1 Å². The number of benzene rings is 1. The second kappa shape index (κ2) is 7.36. The number of halogens is 1. The van der Waals surface area contributed by atoms with E-state index in [0.717, 1.165) is 25.6 Å². The average molecular weight is 392 g/mol. The van der Waals surface area contributed by atoms with Crippen molar-refractivity contribution >= 4 is 5.95 Å². The molecule has 2 aliphatic rings. The van der Waals surface area contributed by atoms with Gasteiger partial charge in [0.05, 0.1) is 6.20 Å². The molecule has 0 radical (unpaired) electrons. The summed E-state index contributed by atoms with van der Waals surface area (Å²) >= 11 is 0. The van der Waals surface area contributed by atoms with Crippen LogP contribution in [0.4, 0.5) is 10.3 Å². The van der Waals surface area contributed by atoms with Gasteiger partial charge in [-0.15, -0.1) is 10.2 Å². The van der Waals surface area contributed by atoms with Gasteiger partial charge in [-0.1, -0.05) is 6.07 Å². The summed E-state index contributed by atoms with van der Waals surface area (Å²) in [6, 6.07) is 8.64. The lowest BCUT2D eigenvalue weighted by atomic mass is 10.0. The molecule has 1 saturated heterocycles. The summed E-state index contributed by atoms with van der Waals surface area (Å²) in [5, 5.41) is 22.6. The first-order chi connectivity index (χ1) is 14.2. The highest BCUT2D eigenvalue weighted by Crippen LogP contribution is 2.34. The van der Waals surface area contributed by atoms with Crippen LogP contribution < -0.4 is 10.2 Å². The zero-order chi connectivity index (χ0) is 19.8. The topological polar surface area (TPSA) is 87.1 Å². The van der Waals surface area contributed by atoms with E-state index < -0.39 is 5.95 Å². The lowest BCUT2D eigenvalue weighted by Gasteiger charge is -2.33. The molecule has 2 fully saturated rings. The highest BCUT2D eigenvalue weighted by atomic mass is 19.1. The van der Waals surface area contributed by atoms with E-state index in [0.29, 0.717) is 34.4 Å². The van der Waals surface area contributed by atoms with Gasteiger partial charge in [-0.3, -0.25) is 0 Å². The number of rotatable bonds is 4. The minimum absolute atomic E-state index is 0.0412. The number of piperazine rings is 1. The predicted molar refractivity (Wildman–Crippen MR) is 107 cm³/mol. The quantitative estimate of drug-likeness (QED) is 0.660. The molecule has 1 aliphatic heterocycles. The van der Waals surface area contributed by atoms with Crippen molar-refractivity contribution in [3.63, 3.8) is 0 Å². The second-order valence-electron chi connectivity index (χ2n) is 7.59. The zero-order valence-electron chi connectivity index (χ0n) is 15.8. The van der Waals surface area contributed by atoms with Crippen molar-refractivity contribution in [2.24, 2.45) is 5.92 Å². The van der Waals surface area contributed by atoms with Crippen LogP contribution in [0.25, 0.3) is 22.4 Å². The van der Waals surface area contributed by atoms with Gasteiger partial charge < -0.3 is 15.3 Å². The molecule has 7 nitrogen and oxygen atoms in total. The third kappa shape index (κ3) is 3.75. The Morgan fingerprint density at radius 2 is 1.93 bits per heavy atom. The molecule has 1 saturated carbocycles. The first-order valence-corrected chi connectivity index (χ1v) is 9.81. The number of hydrogen-bond acceptors (Lipinski definition) is 7. The van der Waals surface area contributed by atoms with E-state index in [9.17, 15) is 9.50 Å². The Bertz CT molecular complexity index is 1020. The predicted octanol–water partition coefficient (Wildman–Crippen LogP) is 2.63. The molecule has 5 rings (SSSR count). The number of phenolic OH excluding ortho intramolecular Hbond substituents is 1. The third-order valence-corrected chi connectivity index (χ3v) is 5.56. The number of aromatic nitrogens is 4. The standard InChI is InChI=1S/C21H21FN6O/c22-20-10-15(5-6-24-20)14-3-4-16(19(29)9-14)17-11-25-21(27-26-17)28-8-7-23-18(12-28)13-1-2-13/h3-6,9-11,13,18,23,29H,1-2,7-8,12H2/t18-/m0/s1. The molecule has 1 aromatic carbocycles. The van der Waals surface area contributed by atoms with E-state index in [4.69, 9.17) is 0 Å². The molecule has 3 heterocycles. The maximum atomic E-state index is 13.4. The number of anilines is 1. The molecular weight excluding hydrogens is 371 g/mol. The van der Waals surface area contributed by atoms with Crippen molar-refractivity contribution in [1.29, 1.82) is 0 Å². The van der Waals surface area contributed by atoms with Crippen molar-refractivity contribution in [2.75, 3.05) is 24.5 Å². The fourth-order valence-electron chi connectivity index (χ4n) is 3.82. The maximum absolute atomic E-state index is 13.4. The number of hydrogen-bond donors (Lipinski definition) is 2. The summed E-state index contributed by atoms with van der Waals surface area (Å²) in [6.45, 7) is 2.67. The molecule has 0 spiro atoms. The first kappa shape index (κ1) is 17.9.